The van der Waals surface area contributed by atoms with Crippen molar-refractivity contribution in [1.82, 2.24) is 0 Å². The molecule has 0 radical (unpaired) electrons. The first-order valence-corrected chi connectivity index (χ1v) is 20.6. The second-order valence-electron chi connectivity index (χ2n) is 10.8. The van der Waals surface area contributed by atoms with Crippen LogP contribution < -0.4 is 44.0 Å². The van der Waals surface area contributed by atoms with Crippen molar-refractivity contribution in [2.75, 3.05) is 42.7 Å². The van der Waals surface area contributed by atoms with Gasteiger partial charge in [-0.2, -0.15) is 0 Å². The average molecular weight is 629 g/mol. The molecule has 3 aromatic carbocycles. The van der Waals surface area contributed by atoms with Gasteiger partial charge in [-0.1, -0.05) is 73.8 Å². The van der Waals surface area contributed by atoms with E-state index in [9.17, 15) is 0 Å². The zero-order valence-corrected chi connectivity index (χ0v) is 32.3. The van der Waals surface area contributed by atoms with E-state index >= 15 is 0 Å². The summed E-state index contributed by atoms with van der Waals surface area (Å²) in [6.45, 7) is 0. The summed E-state index contributed by atoms with van der Waals surface area (Å²) in [5.74, 6) is 5.30. The molecule has 10 heteroatoms. The third kappa shape index (κ3) is 8.91. The topological polar surface area (TPSA) is 55.4 Å². The van der Waals surface area contributed by atoms with Crippen LogP contribution in [0.3, 0.4) is 0 Å². The third-order valence-corrected chi connectivity index (χ3v) is 15.0. The van der Waals surface area contributed by atoms with Gasteiger partial charge in [0.2, 0.25) is 0 Å². The fourth-order valence-electron chi connectivity index (χ4n) is 5.94. The molecule has 224 valence electrons. The van der Waals surface area contributed by atoms with Gasteiger partial charge in [0.05, 0.1) is 71.2 Å². The van der Waals surface area contributed by atoms with E-state index in [0.29, 0.717) is 5.04 Å². The Bertz CT molecular complexity index is 1090. The number of ether oxygens (including phenoxy) is 6. The van der Waals surface area contributed by atoms with Crippen molar-refractivity contribution in [3.05, 3.63) is 54.6 Å². The van der Waals surface area contributed by atoms with Gasteiger partial charge in [-0.05, 0) is 38.8 Å². The van der Waals surface area contributed by atoms with Gasteiger partial charge in [0, 0.05) is 10.2 Å². The zero-order chi connectivity index (χ0) is 29.7. The van der Waals surface area contributed by atoms with Gasteiger partial charge >= 0.3 is 0 Å². The molecule has 0 unspecified atom stereocenters. The van der Waals surface area contributed by atoms with E-state index in [0.717, 1.165) is 34.5 Å². The van der Waals surface area contributed by atoms with E-state index in [1.807, 2.05) is 18.2 Å². The van der Waals surface area contributed by atoms with E-state index in [1.165, 1.54) is 63.2 Å². The minimum atomic E-state index is -0.480. The molecule has 3 rings (SSSR count). The van der Waals surface area contributed by atoms with Crippen molar-refractivity contribution < 1.29 is 28.4 Å². The Balaban J connectivity index is 1.71. The maximum atomic E-state index is 5.74. The zero-order valence-electron chi connectivity index (χ0n) is 26.0. The largest absolute Gasteiger partial charge is 0.493 e. The van der Waals surface area contributed by atoms with E-state index in [4.69, 9.17) is 28.4 Å². The summed E-state index contributed by atoms with van der Waals surface area (Å²) in [6.07, 6.45) is 3.87. The van der Waals surface area contributed by atoms with Crippen molar-refractivity contribution in [2.24, 2.45) is 0 Å². The van der Waals surface area contributed by atoms with E-state index < -0.39 is 28.6 Å². The van der Waals surface area contributed by atoms with E-state index in [1.54, 1.807) is 42.7 Å². The predicted octanol–water partition coefficient (Wildman–Crippen LogP) is 1.47. The number of para-hydroxylation sites is 3. The van der Waals surface area contributed by atoms with Gasteiger partial charge in [0.25, 0.3) is 0 Å². The highest BCUT2D eigenvalue weighted by Gasteiger charge is 2.25. The molecule has 0 fully saturated rings. The van der Waals surface area contributed by atoms with Gasteiger partial charge in [-0.25, -0.2) is 0 Å². The lowest BCUT2D eigenvalue weighted by Crippen LogP contribution is -2.24. The highest BCUT2D eigenvalue weighted by Crippen LogP contribution is 2.40. The molecular formula is C31H48O6Si4. The van der Waals surface area contributed by atoms with Gasteiger partial charge < -0.3 is 28.4 Å². The van der Waals surface area contributed by atoms with Crippen LogP contribution in [0.2, 0.25) is 23.2 Å². The Hall–Kier alpha value is -2.67. The lowest BCUT2D eigenvalue weighted by Gasteiger charge is -2.30. The van der Waals surface area contributed by atoms with Crippen LogP contribution in [-0.2, 0) is 0 Å². The molecule has 0 amide bonds. The van der Waals surface area contributed by atoms with Crippen LogP contribution in [-0.4, -0.2) is 81.5 Å². The first kappa shape index (κ1) is 32.8. The molecule has 6 nitrogen and oxygen atoms in total. The fraction of sp³-hybridized carbons (Fsp3) is 0.419. The molecule has 0 aliphatic rings. The van der Waals surface area contributed by atoms with Gasteiger partial charge in [-0.15, -0.1) is 0 Å². The van der Waals surface area contributed by atoms with Crippen molar-refractivity contribution in [1.29, 1.82) is 0 Å². The summed E-state index contributed by atoms with van der Waals surface area (Å²) in [5, 5.41) is 4.52. The highest BCUT2D eigenvalue weighted by atomic mass is 28.2. The van der Waals surface area contributed by atoms with E-state index in [2.05, 4.69) is 36.4 Å². The molecule has 3 aromatic rings. The molecule has 0 aliphatic carbocycles. The maximum Gasteiger partial charge on any atom is 0.160 e. The van der Waals surface area contributed by atoms with Gasteiger partial charge in [0.15, 0.2) is 34.5 Å². The normalized spacial score (nSPS) is 13.3. The van der Waals surface area contributed by atoms with Crippen LogP contribution >= 0.6 is 0 Å². The first-order valence-electron chi connectivity index (χ1n) is 14.5. The van der Waals surface area contributed by atoms with Crippen LogP contribution in [0.5, 0.6) is 34.5 Å². The second-order valence-corrected chi connectivity index (χ2v) is 18.9. The van der Waals surface area contributed by atoms with Crippen molar-refractivity contribution >= 4 is 54.4 Å². The molecule has 0 saturated carbocycles. The van der Waals surface area contributed by atoms with Crippen molar-refractivity contribution in [3.63, 3.8) is 0 Å². The average Bonchev–Trinajstić information content (AvgIpc) is 3.00. The molecule has 0 heterocycles. The Morgan fingerprint density at radius 1 is 0.488 bits per heavy atom. The molecule has 0 spiro atoms. The summed E-state index contributed by atoms with van der Waals surface area (Å²) in [7, 11) is 10.2. The summed E-state index contributed by atoms with van der Waals surface area (Å²) < 4.78 is 33.9. The quantitative estimate of drug-likeness (QED) is 0.199. The summed E-state index contributed by atoms with van der Waals surface area (Å²) in [4.78, 5) is 0. The molecule has 0 atom stereocenters. The summed E-state index contributed by atoms with van der Waals surface area (Å²) in [5.41, 5.74) is 0. The molecule has 0 aliphatic heterocycles. The van der Waals surface area contributed by atoms with Crippen LogP contribution in [0.4, 0.5) is 0 Å². The molecule has 0 aromatic heterocycles. The van der Waals surface area contributed by atoms with Crippen molar-refractivity contribution in [3.8, 4) is 34.5 Å². The molecule has 0 N–H and O–H groups in total. The predicted molar refractivity (Wildman–Crippen MR) is 184 cm³/mol. The number of hydrogen-bond acceptors (Lipinski definition) is 6. The van der Waals surface area contributed by atoms with Crippen LogP contribution in [0, 0.1) is 0 Å². The van der Waals surface area contributed by atoms with Gasteiger partial charge in [-0.3, -0.25) is 0 Å². The smallest absolute Gasteiger partial charge is 0.160 e. The Labute approximate surface area is 256 Å². The Kier molecular flexibility index (Phi) is 13.4. The monoisotopic (exact) mass is 628 g/mol. The minimum Gasteiger partial charge on any atom is -0.493 e. The molecule has 41 heavy (non-hydrogen) atoms. The standard InChI is InChI=1S/C31H48O6Si4/c1-32-22-10-7-13-25(28(22)35-4)39-19-16-31(38,17-20-40-26-14-8-11-23(33-2)29(26)36-5)18-21-41-27-15-9-12-24(34-3)30(27)37-6/h7-15H,16-21,39-41H2,1-6,38H3. The molecular weight excluding hydrogens is 581 g/mol. The summed E-state index contributed by atoms with van der Waals surface area (Å²) >= 11 is 0. The number of hydrogen-bond donors (Lipinski definition) is 0. The van der Waals surface area contributed by atoms with Crippen LogP contribution in [0.1, 0.15) is 19.3 Å². The second kappa shape index (κ2) is 16.7. The Morgan fingerprint density at radius 3 is 1.02 bits per heavy atom. The molecule has 0 saturated heterocycles. The van der Waals surface area contributed by atoms with Crippen LogP contribution in [0.15, 0.2) is 54.6 Å². The number of rotatable bonds is 18. The van der Waals surface area contributed by atoms with Gasteiger partial charge in [0.1, 0.15) is 0 Å². The number of benzene rings is 3. The Morgan fingerprint density at radius 2 is 0.780 bits per heavy atom. The fourth-order valence-corrected chi connectivity index (χ4v) is 15.9. The lowest BCUT2D eigenvalue weighted by molar-refractivity contribution is 0.357. The van der Waals surface area contributed by atoms with E-state index in [-0.39, 0.29) is 0 Å². The minimum absolute atomic E-state index is 0.428. The van der Waals surface area contributed by atoms with Crippen LogP contribution in [0.25, 0.3) is 0 Å². The third-order valence-electron chi connectivity index (χ3n) is 8.13. The highest BCUT2D eigenvalue weighted by molar-refractivity contribution is 6.56. The first-order chi connectivity index (χ1) is 19.9. The lowest BCUT2D eigenvalue weighted by atomic mass is 9.98. The number of methoxy groups -OCH3 is 6. The summed E-state index contributed by atoms with van der Waals surface area (Å²) in [6, 6.07) is 22.8. The SMILES string of the molecule is COc1cccc([SiH2]CCC([SiH3])(CC[SiH2]c2cccc(OC)c2OC)CC[SiH2]c2cccc(OC)c2OC)c1OC. The molecule has 0 bridgehead atoms. The maximum absolute atomic E-state index is 5.74. The van der Waals surface area contributed by atoms with Crippen molar-refractivity contribution in [2.45, 2.75) is 42.4 Å².